The van der Waals surface area contributed by atoms with Crippen LogP contribution in [0.3, 0.4) is 0 Å². The first-order valence-corrected chi connectivity index (χ1v) is 5.20. The van der Waals surface area contributed by atoms with Gasteiger partial charge in [-0.3, -0.25) is 0 Å². The number of rotatable bonds is 1. The fourth-order valence-electron chi connectivity index (χ4n) is 2.27. The van der Waals surface area contributed by atoms with Crippen LogP contribution in [0, 0.1) is 18.3 Å². The van der Waals surface area contributed by atoms with Gasteiger partial charge in [-0.25, -0.2) is 4.98 Å². The molecule has 0 amide bonds. The summed E-state index contributed by atoms with van der Waals surface area (Å²) in [6.45, 7) is 3.93. The van der Waals surface area contributed by atoms with Crippen molar-refractivity contribution >= 4 is 0 Å². The van der Waals surface area contributed by atoms with Crippen molar-refractivity contribution in [2.45, 2.75) is 45.6 Å². The summed E-state index contributed by atoms with van der Waals surface area (Å²) >= 11 is 0. The van der Waals surface area contributed by atoms with E-state index in [1.54, 1.807) is 0 Å². The molecule has 1 unspecified atom stereocenters. The average Bonchev–Trinajstić information content (AvgIpc) is 2.53. The minimum Gasteiger partial charge on any atom is -0.316 e. The van der Waals surface area contributed by atoms with Crippen molar-refractivity contribution in [3.63, 3.8) is 0 Å². The van der Waals surface area contributed by atoms with Gasteiger partial charge in [0.2, 0.25) is 0 Å². The normalized spacial score (nSPS) is 17.2. The van der Waals surface area contributed by atoms with Gasteiger partial charge in [0.1, 0.15) is 11.9 Å². The molecular weight excluding hydrogens is 174 g/mol. The van der Waals surface area contributed by atoms with E-state index in [-0.39, 0.29) is 6.04 Å². The lowest BCUT2D eigenvalue weighted by molar-refractivity contribution is 0.580. The Bertz CT molecular complexity index is 384. The highest BCUT2D eigenvalue weighted by atomic mass is 15.1. The molecular formula is C11H15N3. The smallest absolute Gasteiger partial charge is 0.119 e. The number of nitrogens with zero attached hydrogens (tertiary/aromatic N) is 3. The molecule has 0 saturated heterocycles. The zero-order chi connectivity index (χ0) is 10.1. The highest BCUT2D eigenvalue weighted by Gasteiger charge is 2.20. The summed E-state index contributed by atoms with van der Waals surface area (Å²) in [4.78, 5) is 4.53. The second-order valence-electron chi connectivity index (χ2n) is 3.93. The van der Waals surface area contributed by atoms with E-state index in [0.717, 1.165) is 18.7 Å². The predicted octanol–water partition coefficient (Wildman–Crippen LogP) is 2.15. The van der Waals surface area contributed by atoms with E-state index in [1.807, 2.05) is 13.8 Å². The van der Waals surface area contributed by atoms with E-state index < -0.39 is 0 Å². The van der Waals surface area contributed by atoms with Gasteiger partial charge >= 0.3 is 0 Å². The van der Waals surface area contributed by atoms with Crippen LogP contribution in [0.1, 0.15) is 43.0 Å². The van der Waals surface area contributed by atoms with Crippen molar-refractivity contribution in [2.75, 3.05) is 0 Å². The Morgan fingerprint density at radius 3 is 2.86 bits per heavy atom. The average molecular weight is 189 g/mol. The van der Waals surface area contributed by atoms with Gasteiger partial charge in [0.05, 0.1) is 11.8 Å². The fraction of sp³-hybridized carbons (Fsp3) is 0.636. The Kier molecular flexibility index (Phi) is 2.28. The maximum absolute atomic E-state index is 8.93. The molecule has 0 fully saturated rings. The standard InChI is InChI=1S/C11H15N3/c1-8(7-12)14-9(2)13-10-5-3-4-6-11(10)14/h8H,3-6H2,1-2H3. The molecule has 0 aliphatic heterocycles. The summed E-state index contributed by atoms with van der Waals surface area (Å²) in [5.41, 5.74) is 2.51. The Labute approximate surface area is 84.4 Å². The first kappa shape index (κ1) is 9.26. The molecule has 0 spiro atoms. The minimum absolute atomic E-state index is 0.0793. The lowest BCUT2D eigenvalue weighted by atomic mass is 10.0. The summed E-state index contributed by atoms with van der Waals surface area (Å²) in [7, 11) is 0. The van der Waals surface area contributed by atoms with E-state index >= 15 is 0 Å². The number of fused-ring (bicyclic) bond motifs is 1. The number of hydrogen-bond acceptors (Lipinski definition) is 2. The van der Waals surface area contributed by atoms with Gasteiger partial charge in [-0.2, -0.15) is 5.26 Å². The molecule has 3 heteroatoms. The molecule has 1 atom stereocenters. The largest absolute Gasteiger partial charge is 0.316 e. The molecule has 0 radical (unpaired) electrons. The number of nitriles is 1. The Morgan fingerprint density at radius 2 is 2.14 bits per heavy atom. The molecule has 1 aromatic heterocycles. The summed E-state index contributed by atoms with van der Waals surface area (Å²) in [6, 6.07) is 2.20. The highest BCUT2D eigenvalue weighted by Crippen LogP contribution is 2.24. The second kappa shape index (κ2) is 3.45. The molecule has 1 aromatic rings. The first-order valence-electron chi connectivity index (χ1n) is 5.20. The molecule has 1 heterocycles. The third kappa shape index (κ3) is 1.31. The Morgan fingerprint density at radius 1 is 1.43 bits per heavy atom. The molecule has 0 saturated carbocycles. The molecule has 0 bridgehead atoms. The highest BCUT2D eigenvalue weighted by molar-refractivity contribution is 5.22. The fourth-order valence-corrected chi connectivity index (χ4v) is 2.27. The quantitative estimate of drug-likeness (QED) is 0.679. The van der Waals surface area contributed by atoms with Crippen LogP contribution in [0.25, 0.3) is 0 Å². The zero-order valence-electron chi connectivity index (χ0n) is 8.75. The summed E-state index contributed by atoms with van der Waals surface area (Å²) in [5.74, 6) is 0.992. The van der Waals surface area contributed by atoms with Crippen LogP contribution in [0.5, 0.6) is 0 Å². The Hall–Kier alpha value is -1.30. The molecule has 0 N–H and O–H groups in total. The van der Waals surface area contributed by atoms with Gasteiger partial charge in [-0.05, 0) is 39.5 Å². The number of aromatic nitrogens is 2. The molecule has 1 aliphatic carbocycles. The van der Waals surface area contributed by atoms with Gasteiger partial charge in [0.25, 0.3) is 0 Å². The van der Waals surface area contributed by atoms with E-state index in [0.29, 0.717) is 0 Å². The maximum Gasteiger partial charge on any atom is 0.119 e. The Balaban J connectivity index is 2.49. The number of hydrogen-bond donors (Lipinski definition) is 0. The van der Waals surface area contributed by atoms with E-state index in [4.69, 9.17) is 5.26 Å². The summed E-state index contributed by atoms with van der Waals surface area (Å²) in [6.07, 6.45) is 4.64. The van der Waals surface area contributed by atoms with E-state index in [2.05, 4.69) is 15.6 Å². The molecule has 2 rings (SSSR count). The first-order chi connectivity index (χ1) is 6.74. The number of aryl methyl sites for hydroxylation is 2. The van der Waals surface area contributed by atoms with Crippen LogP contribution in [0.2, 0.25) is 0 Å². The van der Waals surface area contributed by atoms with Crippen LogP contribution in [-0.2, 0) is 12.8 Å². The zero-order valence-corrected chi connectivity index (χ0v) is 8.75. The van der Waals surface area contributed by atoms with Crippen LogP contribution in [0.15, 0.2) is 0 Å². The lowest BCUT2D eigenvalue weighted by Crippen LogP contribution is -2.12. The molecule has 14 heavy (non-hydrogen) atoms. The molecule has 0 aromatic carbocycles. The topological polar surface area (TPSA) is 41.6 Å². The summed E-state index contributed by atoms with van der Waals surface area (Å²) < 4.78 is 2.09. The van der Waals surface area contributed by atoms with Crippen molar-refractivity contribution in [1.29, 1.82) is 5.26 Å². The van der Waals surface area contributed by atoms with Crippen molar-refractivity contribution in [3.8, 4) is 6.07 Å². The molecule has 74 valence electrons. The molecule has 3 nitrogen and oxygen atoms in total. The minimum atomic E-state index is -0.0793. The van der Waals surface area contributed by atoms with Crippen molar-refractivity contribution < 1.29 is 0 Å². The third-order valence-electron chi connectivity index (χ3n) is 2.92. The monoisotopic (exact) mass is 189 g/mol. The van der Waals surface area contributed by atoms with Gasteiger partial charge < -0.3 is 4.57 Å². The van der Waals surface area contributed by atoms with E-state index in [9.17, 15) is 0 Å². The van der Waals surface area contributed by atoms with Crippen LogP contribution in [0.4, 0.5) is 0 Å². The second-order valence-corrected chi connectivity index (χ2v) is 3.93. The number of imidazole rings is 1. The molecule has 1 aliphatic rings. The summed E-state index contributed by atoms with van der Waals surface area (Å²) in [5, 5.41) is 8.93. The van der Waals surface area contributed by atoms with Gasteiger partial charge in [-0.15, -0.1) is 0 Å². The predicted molar refractivity (Wildman–Crippen MR) is 53.9 cm³/mol. The van der Waals surface area contributed by atoms with E-state index in [1.165, 1.54) is 24.2 Å². The SMILES string of the molecule is Cc1nc2c(n1C(C)C#N)CCCC2. The van der Waals surface area contributed by atoms with Crippen LogP contribution >= 0.6 is 0 Å². The van der Waals surface area contributed by atoms with Gasteiger partial charge in [0, 0.05) is 5.69 Å². The third-order valence-corrected chi connectivity index (χ3v) is 2.92. The van der Waals surface area contributed by atoms with Crippen molar-refractivity contribution in [1.82, 2.24) is 9.55 Å². The van der Waals surface area contributed by atoms with Crippen molar-refractivity contribution in [3.05, 3.63) is 17.2 Å². The maximum atomic E-state index is 8.93. The lowest BCUT2D eigenvalue weighted by Gasteiger charge is -2.15. The van der Waals surface area contributed by atoms with Crippen LogP contribution in [-0.4, -0.2) is 9.55 Å². The van der Waals surface area contributed by atoms with Crippen molar-refractivity contribution in [2.24, 2.45) is 0 Å². The van der Waals surface area contributed by atoms with Gasteiger partial charge in [0.15, 0.2) is 0 Å². The van der Waals surface area contributed by atoms with Crippen LogP contribution < -0.4 is 0 Å². The van der Waals surface area contributed by atoms with Gasteiger partial charge in [-0.1, -0.05) is 0 Å².